The largest absolute Gasteiger partial charge is 0.481 e. The molecule has 2 aromatic carbocycles. The predicted molar refractivity (Wildman–Crippen MR) is 100 cm³/mol. The van der Waals surface area contributed by atoms with E-state index < -0.39 is 11.7 Å². The average Bonchev–Trinajstić information content (AvgIpc) is 2.62. The van der Waals surface area contributed by atoms with Crippen LogP contribution < -0.4 is 10.1 Å². The summed E-state index contributed by atoms with van der Waals surface area (Å²) in [6.07, 6.45) is 1.51. The fourth-order valence-corrected chi connectivity index (χ4v) is 2.80. The van der Waals surface area contributed by atoms with Crippen LogP contribution >= 0.6 is 11.6 Å². The van der Waals surface area contributed by atoms with Crippen LogP contribution in [0.3, 0.4) is 0 Å². The molecule has 0 fully saturated rings. The molecule has 26 heavy (non-hydrogen) atoms. The number of nitrogens with one attached hydrogen (secondary N) is 1. The van der Waals surface area contributed by atoms with Crippen molar-refractivity contribution in [1.29, 1.82) is 0 Å². The van der Waals surface area contributed by atoms with Crippen LogP contribution in [0.25, 0.3) is 11.1 Å². The molecular weight excluding hydrogens is 355 g/mol. The van der Waals surface area contributed by atoms with Crippen molar-refractivity contribution in [2.24, 2.45) is 0 Å². The van der Waals surface area contributed by atoms with Gasteiger partial charge < -0.3 is 10.1 Å². The van der Waals surface area contributed by atoms with Crippen molar-refractivity contribution < 1.29 is 13.9 Å². The number of amides is 1. The fraction of sp³-hybridized carbons (Fsp3) is 0.100. The number of hydrogen-bond acceptors (Lipinski definition) is 3. The quantitative estimate of drug-likeness (QED) is 0.694. The Bertz CT molecular complexity index is 938. The molecular formula is C20H16ClFN2O2. The third-order valence-corrected chi connectivity index (χ3v) is 4.12. The summed E-state index contributed by atoms with van der Waals surface area (Å²) in [6.45, 7) is 1.69. The summed E-state index contributed by atoms with van der Waals surface area (Å²) in [7, 11) is 1.53. The maximum Gasteiger partial charge on any atom is 0.258 e. The second-order valence-corrected chi connectivity index (χ2v) is 6.11. The summed E-state index contributed by atoms with van der Waals surface area (Å²) >= 11 is 6.01. The molecule has 0 aliphatic carbocycles. The highest BCUT2D eigenvalue weighted by atomic mass is 35.5. The van der Waals surface area contributed by atoms with Crippen LogP contribution in [0.5, 0.6) is 5.88 Å². The van der Waals surface area contributed by atoms with Crippen molar-refractivity contribution in [3.8, 4) is 17.0 Å². The van der Waals surface area contributed by atoms with Crippen LogP contribution in [-0.2, 0) is 0 Å². The molecule has 0 saturated carbocycles. The van der Waals surface area contributed by atoms with Crippen LogP contribution in [0, 0.1) is 12.7 Å². The first kappa shape index (κ1) is 17.9. The highest BCUT2D eigenvalue weighted by molar-refractivity contribution is 6.30. The van der Waals surface area contributed by atoms with Gasteiger partial charge in [0, 0.05) is 17.4 Å². The average molecular weight is 371 g/mol. The molecule has 0 bridgehead atoms. The van der Waals surface area contributed by atoms with Gasteiger partial charge in [-0.1, -0.05) is 35.9 Å². The number of halogens is 2. The number of aryl methyl sites for hydroxylation is 1. The van der Waals surface area contributed by atoms with Crippen molar-refractivity contribution in [3.05, 3.63) is 76.7 Å². The molecule has 1 heterocycles. The summed E-state index contributed by atoms with van der Waals surface area (Å²) in [5.74, 6) is -0.586. The molecule has 3 rings (SSSR count). The summed E-state index contributed by atoms with van der Waals surface area (Å²) in [5.41, 5.74) is 2.74. The van der Waals surface area contributed by atoms with Gasteiger partial charge in [-0.05, 0) is 42.3 Å². The number of hydrogen-bond donors (Lipinski definition) is 1. The van der Waals surface area contributed by atoms with Crippen molar-refractivity contribution in [2.75, 3.05) is 12.4 Å². The van der Waals surface area contributed by atoms with Gasteiger partial charge in [0.15, 0.2) is 0 Å². The Morgan fingerprint density at radius 1 is 1.19 bits per heavy atom. The second-order valence-electron chi connectivity index (χ2n) is 5.67. The number of pyridine rings is 1. The lowest BCUT2D eigenvalue weighted by molar-refractivity contribution is 0.102. The van der Waals surface area contributed by atoms with Gasteiger partial charge in [-0.15, -0.1) is 0 Å². The Balaban J connectivity index is 1.85. The number of nitrogens with zero attached hydrogens (tertiary/aromatic N) is 1. The molecule has 0 spiro atoms. The Hall–Kier alpha value is -2.92. The molecule has 0 radical (unpaired) electrons. The minimum atomic E-state index is -0.547. The maximum atomic E-state index is 13.9. The predicted octanol–water partition coefficient (Wildman–Crippen LogP) is 5.11. The first-order valence-electron chi connectivity index (χ1n) is 7.86. The van der Waals surface area contributed by atoms with Crippen molar-refractivity contribution in [1.82, 2.24) is 4.98 Å². The normalized spacial score (nSPS) is 10.5. The Morgan fingerprint density at radius 3 is 2.58 bits per heavy atom. The van der Waals surface area contributed by atoms with E-state index in [-0.39, 0.29) is 5.56 Å². The van der Waals surface area contributed by atoms with Gasteiger partial charge in [0.1, 0.15) is 5.82 Å². The zero-order valence-corrected chi connectivity index (χ0v) is 15.0. The number of methoxy groups -OCH3 is 1. The van der Waals surface area contributed by atoms with Gasteiger partial charge in [0.05, 0.1) is 17.7 Å². The third kappa shape index (κ3) is 3.68. The Kier molecular flexibility index (Phi) is 5.19. The highest BCUT2D eigenvalue weighted by Crippen LogP contribution is 2.31. The molecule has 6 heteroatoms. The minimum absolute atomic E-state index is 0.0392. The van der Waals surface area contributed by atoms with E-state index in [9.17, 15) is 9.18 Å². The number of ether oxygens (including phenoxy) is 1. The first-order valence-corrected chi connectivity index (χ1v) is 8.24. The van der Waals surface area contributed by atoms with Gasteiger partial charge in [0.25, 0.3) is 5.91 Å². The molecule has 0 aliphatic heterocycles. The van der Waals surface area contributed by atoms with E-state index in [1.165, 1.54) is 19.4 Å². The van der Waals surface area contributed by atoms with Crippen LogP contribution in [0.1, 0.15) is 15.9 Å². The Morgan fingerprint density at radius 2 is 1.92 bits per heavy atom. The summed E-state index contributed by atoms with van der Waals surface area (Å²) in [6, 6.07) is 13.3. The van der Waals surface area contributed by atoms with E-state index in [2.05, 4.69) is 10.3 Å². The lowest BCUT2D eigenvalue weighted by Crippen LogP contribution is -2.15. The smallest absolute Gasteiger partial charge is 0.258 e. The van der Waals surface area contributed by atoms with Gasteiger partial charge in [-0.25, -0.2) is 9.37 Å². The van der Waals surface area contributed by atoms with Gasteiger partial charge >= 0.3 is 0 Å². The molecule has 1 aromatic heterocycles. The van der Waals surface area contributed by atoms with E-state index in [1.54, 1.807) is 49.4 Å². The molecule has 0 saturated heterocycles. The van der Waals surface area contributed by atoms with E-state index in [0.717, 1.165) is 11.1 Å². The first-order chi connectivity index (χ1) is 12.5. The maximum absolute atomic E-state index is 13.9. The third-order valence-electron chi connectivity index (χ3n) is 3.91. The van der Waals surface area contributed by atoms with E-state index in [1.807, 2.05) is 0 Å². The molecule has 132 valence electrons. The minimum Gasteiger partial charge on any atom is -0.481 e. The van der Waals surface area contributed by atoms with Crippen molar-refractivity contribution >= 4 is 23.2 Å². The fourth-order valence-electron chi connectivity index (χ4n) is 2.64. The monoisotopic (exact) mass is 370 g/mol. The van der Waals surface area contributed by atoms with Crippen LogP contribution in [0.2, 0.25) is 5.02 Å². The summed E-state index contributed by atoms with van der Waals surface area (Å²) in [4.78, 5) is 16.5. The summed E-state index contributed by atoms with van der Waals surface area (Å²) in [5, 5.41) is 3.20. The van der Waals surface area contributed by atoms with Crippen LogP contribution in [0.4, 0.5) is 10.1 Å². The number of aromatic nitrogens is 1. The molecule has 4 nitrogen and oxygen atoms in total. The molecule has 0 aliphatic rings. The molecule has 0 atom stereocenters. The SMILES string of the molecule is COc1ncc(Cl)cc1-c1ccc(NC(=O)c2c(C)cccc2F)cc1. The molecule has 0 unspecified atom stereocenters. The molecule has 3 aromatic rings. The zero-order chi connectivity index (χ0) is 18.7. The number of rotatable bonds is 4. The van der Waals surface area contributed by atoms with Gasteiger partial charge in [0.2, 0.25) is 5.88 Å². The highest BCUT2D eigenvalue weighted by Gasteiger charge is 2.15. The second kappa shape index (κ2) is 7.54. The van der Waals surface area contributed by atoms with E-state index in [0.29, 0.717) is 22.2 Å². The van der Waals surface area contributed by atoms with Crippen LogP contribution in [0.15, 0.2) is 54.7 Å². The summed E-state index contributed by atoms with van der Waals surface area (Å²) < 4.78 is 19.2. The number of carbonyl (C=O) groups excluding carboxylic acids is 1. The molecule has 1 N–H and O–H groups in total. The van der Waals surface area contributed by atoms with Crippen molar-refractivity contribution in [3.63, 3.8) is 0 Å². The molecule has 1 amide bonds. The topological polar surface area (TPSA) is 51.2 Å². The lowest BCUT2D eigenvalue weighted by Gasteiger charge is -2.11. The van der Waals surface area contributed by atoms with Crippen molar-refractivity contribution in [2.45, 2.75) is 6.92 Å². The number of benzene rings is 2. The number of carbonyl (C=O) groups is 1. The van der Waals surface area contributed by atoms with Crippen LogP contribution in [-0.4, -0.2) is 18.0 Å². The van der Waals surface area contributed by atoms with E-state index in [4.69, 9.17) is 16.3 Å². The zero-order valence-electron chi connectivity index (χ0n) is 14.2. The Labute approximate surface area is 155 Å². The van der Waals surface area contributed by atoms with Gasteiger partial charge in [-0.2, -0.15) is 0 Å². The van der Waals surface area contributed by atoms with Gasteiger partial charge in [-0.3, -0.25) is 4.79 Å². The van der Waals surface area contributed by atoms with E-state index >= 15 is 0 Å². The lowest BCUT2D eigenvalue weighted by atomic mass is 10.1. The number of anilines is 1. The standard InChI is InChI=1S/C20H16ClFN2O2/c1-12-4-3-5-17(22)18(12)19(25)24-15-8-6-13(7-9-15)16-10-14(21)11-23-20(16)26-2/h3-11H,1-2H3,(H,24,25).